The van der Waals surface area contributed by atoms with E-state index in [9.17, 15) is 19.2 Å². The summed E-state index contributed by atoms with van der Waals surface area (Å²) in [6.07, 6.45) is 13.1. The van der Waals surface area contributed by atoms with Crippen LogP contribution in [0.5, 0.6) is 0 Å². The number of hydrogen-bond acceptors (Lipinski definition) is 9. The van der Waals surface area contributed by atoms with Gasteiger partial charge in [-0.05, 0) is 132 Å². The Balaban J connectivity index is 0.858. The molecule has 4 aromatic rings. The number of nitrogens with two attached hydrogens (primary N) is 1. The van der Waals surface area contributed by atoms with Gasteiger partial charge in [0.05, 0.1) is 34.6 Å². The molecule has 7 rings (SSSR count). The molecule has 1 aliphatic carbocycles. The number of anilines is 5. The smallest absolute Gasteiger partial charge is 0.274 e. The van der Waals surface area contributed by atoms with E-state index in [1.54, 1.807) is 60.7 Å². The van der Waals surface area contributed by atoms with Crippen LogP contribution >= 0.6 is 0 Å². The van der Waals surface area contributed by atoms with E-state index >= 15 is 0 Å². The Morgan fingerprint density at radius 3 is 2.05 bits per heavy atom. The van der Waals surface area contributed by atoms with Crippen molar-refractivity contribution < 1.29 is 19.2 Å². The van der Waals surface area contributed by atoms with E-state index in [0.717, 1.165) is 38.2 Å². The second-order valence-electron chi connectivity index (χ2n) is 17.2. The highest BCUT2D eigenvalue weighted by atomic mass is 16.2. The summed E-state index contributed by atoms with van der Waals surface area (Å²) in [7, 11) is 0. The van der Waals surface area contributed by atoms with Crippen LogP contribution in [0.25, 0.3) is 0 Å². The first kappa shape index (κ1) is 43.3. The summed E-state index contributed by atoms with van der Waals surface area (Å²) in [6.45, 7) is 8.60. The Bertz CT molecular complexity index is 2130. The first-order chi connectivity index (χ1) is 29.6. The zero-order valence-corrected chi connectivity index (χ0v) is 35.6. The molecule has 3 unspecified atom stereocenters. The number of piperidine rings is 2. The third kappa shape index (κ3) is 11.3. The normalized spacial score (nSPS) is 20.3. The number of likely N-dealkylation sites (tertiary alicyclic amines) is 2. The molecule has 0 bridgehead atoms. The van der Waals surface area contributed by atoms with E-state index in [0.29, 0.717) is 52.4 Å². The van der Waals surface area contributed by atoms with E-state index in [-0.39, 0.29) is 48.0 Å². The van der Waals surface area contributed by atoms with Crippen LogP contribution in [0.1, 0.15) is 109 Å². The summed E-state index contributed by atoms with van der Waals surface area (Å²) < 4.78 is 0. The van der Waals surface area contributed by atoms with Crippen molar-refractivity contribution in [3.63, 3.8) is 0 Å². The number of carbonyl (C=O) groups excluding carboxylic acids is 4. The van der Waals surface area contributed by atoms with Crippen LogP contribution in [0.4, 0.5) is 28.4 Å². The van der Waals surface area contributed by atoms with Gasteiger partial charge in [0.25, 0.3) is 17.7 Å². The molecule has 61 heavy (non-hydrogen) atoms. The highest BCUT2D eigenvalue weighted by molar-refractivity contribution is 6.07. The molecule has 2 saturated heterocycles. The van der Waals surface area contributed by atoms with Gasteiger partial charge in [0.2, 0.25) is 5.91 Å². The van der Waals surface area contributed by atoms with Crippen LogP contribution in [0.2, 0.25) is 0 Å². The van der Waals surface area contributed by atoms with Crippen LogP contribution < -0.4 is 32.3 Å². The molecule has 3 heterocycles. The van der Waals surface area contributed by atoms with Crippen LogP contribution in [-0.2, 0) is 4.79 Å². The monoisotopic (exact) mass is 827 g/mol. The molecule has 1 saturated carbocycles. The average Bonchev–Trinajstić information content (AvgIpc) is 3.27. The lowest BCUT2D eigenvalue weighted by molar-refractivity contribution is -0.116. The van der Waals surface area contributed by atoms with Gasteiger partial charge in [0.15, 0.2) is 0 Å². The van der Waals surface area contributed by atoms with Crippen LogP contribution in [0.3, 0.4) is 0 Å². The van der Waals surface area contributed by atoms with Crippen molar-refractivity contribution in [1.82, 2.24) is 20.1 Å². The molecule has 3 aliphatic rings. The van der Waals surface area contributed by atoms with E-state index < -0.39 is 5.91 Å². The first-order valence-electron chi connectivity index (χ1n) is 22.0. The maximum atomic E-state index is 13.4. The number of hydrogen-bond donors (Lipinski definition) is 6. The summed E-state index contributed by atoms with van der Waals surface area (Å²) in [5, 5.41) is 15.5. The van der Waals surface area contributed by atoms with Gasteiger partial charge in [-0.3, -0.25) is 24.1 Å². The maximum Gasteiger partial charge on any atom is 0.274 e. The lowest BCUT2D eigenvalue weighted by Crippen LogP contribution is -2.54. The number of para-hydroxylation sites is 4. The molecule has 13 heteroatoms. The number of rotatable bonds is 14. The molecule has 7 N–H and O–H groups in total. The molecule has 322 valence electrons. The fourth-order valence-corrected chi connectivity index (χ4v) is 9.30. The average molecular weight is 828 g/mol. The van der Waals surface area contributed by atoms with Crippen molar-refractivity contribution in [3.8, 4) is 0 Å². The Morgan fingerprint density at radius 1 is 0.705 bits per heavy atom. The highest BCUT2D eigenvalue weighted by Crippen LogP contribution is 2.44. The van der Waals surface area contributed by atoms with Crippen molar-refractivity contribution in [1.29, 1.82) is 0 Å². The quantitative estimate of drug-likeness (QED) is 0.0699. The van der Waals surface area contributed by atoms with E-state index in [1.807, 2.05) is 24.3 Å². The van der Waals surface area contributed by atoms with E-state index in [1.165, 1.54) is 51.1 Å². The minimum atomic E-state index is -0.394. The van der Waals surface area contributed by atoms with Gasteiger partial charge >= 0.3 is 0 Å². The number of nitrogens with one attached hydrogen (secondary N) is 5. The van der Waals surface area contributed by atoms with Gasteiger partial charge in [-0.15, -0.1) is 0 Å². The molecular weight excluding hydrogens is 767 g/mol. The van der Waals surface area contributed by atoms with Gasteiger partial charge in [0.1, 0.15) is 5.69 Å². The van der Waals surface area contributed by atoms with Crippen LogP contribution in [-0.4, -0.2) is 89.3 Å². The van der Waals surface area contributed by atoms with Crippen LogP contribution in [0.15, 0.2) is 91.1 Å². The van der Waals surface area contributed by atoms with Crippen molar-refractivity contribution >= 4 is 52.1 Å². The SMILES string of the molecule is CC1CCC(Nc2ccccc2NC(=O)c2ccc(C(=O)NCCN3CCC4(CCCCC4)CC3)cc2)C(C)N1CCC(=O)Nc1ccc(C(=O)Nc2ccccc2N)nc1. The third-order valence-corrected chi connectivity index (χ3v) is 13.1. The summed E-state index contributed by atoms with van der Waals surface area (Å²) in [6, 6.07) is 25.2. The third-order valence-electron chi connectivity index (χ3n) is 13.1. The number of nitrogens with zero attached hydrogens (tertiary/aromatic N) is 3. The summed E-state index contributed by atoms with van der Waals surface area (Å²) in [5.41, 5.74) is 10.7. The lowest BCUT2D eigenvalue weighted by Gasteiger charge is -2.44. The number of aromatic nitrogens is 1. The van der Waals surface area contributed by atoms with Gasteiger partial charge in [-0.2, -0.15) is 0 Å². The molecule has 3 aromatic carbocycles. The molecule has 0 radical (unpaired) electrons. The Labute approximate surface area is 359 Å². The maximum absolute atomic E-state index is 13.4. The van der Waals surface area contributed by atoms with Crippen molar-refractivity contribution in [2.45, 2.75) is 96.2 Å². The highest BCUT2D eigenvalue weighted by Gasteiger charge is 2.35. The second kappa shape index (κ2) is 20.2. The summed E-state index contributed by atoms with van der Waals surface area (Å²) in [4.78, 5) is 61.2. The van der Waals surface area contributed by atoms with Gasteiger partial charge in [0, 0.05) is 55.3 Å². The van der Waals surface area contributed by atoms with Crippen molar-refractivity contribution in [3.05, 3.63) is 108 Å². The summed E-state index contributed by atoms with van der Waals surface area (Å²) in [5.74, 6) is -0.930. The van der Waals surface area contributed by atoms with E-state index in [4.69, 9.17) is 5.73 Å². The first-order valence-corrected chi connectivity index (χ1v) is 22.0. The molecule has 3 atom stereocenters. The number of carbonyl (C=O) groups is 4. The fourth-order valence-electron chi connectivity index (χ4n) is 9.30. The molecule has 1 aromatic heterocycles. The van der Waals surface area contributed by atoms with Gasteiger partial charge in [-0.25, -0.2) is 4.98 Å². The standard InChI is InChI=1S/C48H61N9O4/c1-33-14-20-39(34(2)57(33)28-22-44(58)52-37-19-21-43(51-32-37)47(61)54-40-11-5-4-10-38(40)49)53-41-12-6-7-13-42(41)55-46(60)36-17-15-35(16-18-36)45(59)50-27-31-56-29-25-48(26-30-56)23-8-3-9-24-48/h4-7,10-13,15-19,21,32-34,39,53H,3,8-9,14,20,22-31,49H2,1-2H3,(H,50,59)(H,52,58)(H,54,61)(H,55,60). The molecular formula is C48H61N9O4. The number of amides is 4. The zero-order valence-electron chi connectivity index (χ0n) is 35.6. The number of pyridine rings is 1. The topological polar surface area (TPSA) is 174 Å². The zero-order chi connectivity index (χ0) is 42.8. The Hall–Kier alpha value is -5.79. The fraction of sp³-hybridized carbons (Fsp3) is 0.438. The number of benzene rings is 3. The summed E-state index contributed by atoms with van der Waals surface area (Å²) >= 11 is 0. The largest absolute Gasteiger partial charge is 0.397 e. The molecule has 1 spiro atoms. The van der Waals surface area contributed by atoms with Gasteiger partial charge in [-0.1, -0.05) is 43.5 Å². The van der Waals surface area contributed by atoms with Crippen molar-refractivity contribution in [2.24, 2.45) is 5.41 Å². The lowest BCUT2D eigenvalue weighted by atomic mass is 9.68. The number of nitrogen functional groups attached to an aromatic ring is 1. The predicted octanol–water partition coefficient (Wildman–Crippen LogP) is 7.63. The van der Waals surface area contributed by atoms with E-state index in [2.05, 4.69) is 55.2 Å². The van der Waals surface area contributed by atoms with Gasteiger partial charge < -0.3 is 37.2 Å². The minimum Gasteiger partial charge on any atom is -0.397 e. The Morgan fingerprint density at radius 2 is 1.36 bits per heavy atom. The molecule has 13 nitrogen and oxygen atoms in total. The molecule has 3 fully saturated rings. The minimum absolute atomic E-state index is 0.0766. The second-order valence-corrected chi connectivity index (χ2v) is 17.2. The molecule has 2 aliphatic heterocycles. The van der Waals surface area contributed by atoms with Crippen molar-refractivity contribution in [2.75, 3.05) is 59.7 Å². The Kier molecular flexibility index (Phi) is 14.3. The van der Waals surface area contributed by atoms with Crippen LogP contribution in [0, 0.1) is 5.41 Å². The molecule has 4 amide bonds. The predicted molar refractivity (Wildman–Crippen MR) is 243 cm³/mol.